The number of nitrogens with zero attached hydrogens (tertiary/aromatic N) is 5. The molecule has 1 amide bonds. The third-order valence-electron chi connectivity index (χ3n) is 7.47. The molecule has 2 aliphatic heterocycles. The van der Waals surface area contributed by atoms with Gasteiger partial charge < -0.3 is 9.80 Å². The van der Waals surface area contributed by atoms with Crippen LogP contribution in [0.15, 0.2) is 40.0 Å². The summed E-state index contributed by atoms with van der Waals surface area (Å²) >= 11 is 6.94. The van der Waals surface area contributed by atoms with Gasteiger partial charge in [0, 0.05) is 38.3 Å². The molecule has 0 aliphatic carbocycles. The van der Waals surface area contributed by atoms with Crippen LogP contribution in [-0.2, 0) is 11.3 Å². The van der Waals surface area contributed by atoms with Crippen LogP contribution in [0, 0.1) is 18.3 Å². The van der Waals surface area contributed by atoms with Crippen molar-refractivity contribution in [2.75, 3.05) is 37.6 Å². The number of anilines is 1. The molecule has 1 aromatic carbocycles. The number of carbonyl (C=O) groups excluding carboxylic acids is 1. The van der Waals surface area contributed by atoms with Gasteiger partial charge in [0.2, 0.25) is 0 Å². The molecule has 7 nitrogen and oxygen atoms in total. The first-order valence-electron chi connectivity index (χ1n) is 13.3. The smallest absolute Gasteiger partial charge is 0.270 e. The van der Waals surface area contributed by atoms with Gasteiger partial charge in [-0.3, -0.25) is 19.1 Å². The minimum absolute atomic E-state index is 0.136. The number of thiocarbonyl (C=S) groups is 1. The minimum Gasteiger partial charge on any atom is -0.355 e. The first-order chi connectivity index (χ1) is 18.3. The van der Waals surface area contributed by atoms with Crippen molar-refractivity contribution in [3.05, 3.63) is 67.8 Å². The van der Waals surface area contributed by atoms with Crippen LogP contribution in [0.25, 0.3) is 6.08 Å². The molecule has 1 atom stereocenters. The van der Waals surface area contributed by atoms with Gasteiger partial charge in [-0.05, 0) is 44.0 Å². The third kappa shape index (κ3) is 5.44. The lowest BCUT2D eigenvalue weighted by atomic mass is 10.0. The molecule has 9 heteroatoms. The molecule has 0 radical (unpaired) electrons. The predicted molar refractivity (Wildman–Crippen MR) is 159 cm³/mol. The molecule has 2 fully saturated rings. The number of amides is 1. The zero-order chi connectivity index (χ0) is 27.4. The quantitative estimate of drug-likeness (QED) is 0.341. The first-order valence-corrected chi connectivity index (χ1v) is 14.5. The molecule has 0 saturated carbocycles. The molecule has 200 valence electrons. The van der Waals surface area contributed by atoms with E-state index in [-0.39, 0.29) is 23.1 Å². The van der Waals surface area contributed by atoms with E-state index in [1.54, 1.807) is 9.47 Å². The van der Waals surface area contributed by atoms with Crippen LogP contribution in [0.1, 0.15) is 61.9 Å². The number of piperazine rings is 1. The van der Waals surface area contributed by atoms with Crippen molar-refractivity contribution in [2.24, 2.45) is 0 Å². The van der Waals surface area contributed by atoms with E-state index in [0.717, 1.165) is 62.5 Å². The summed E-state index contributed by atoms with van der Waals surface area (Å²) in [5.74, 6) is 0.652. The summed E-state index contributed by atoms with van der Waals surface area (Å²) < 4.78 is 2.27. The number of aromatic nitrogens is 1. The lowest BCUT2D eigenvalue weighted by Crippen LogP contribution is -2.48. The van der Waals surface area contributed by atoms with Gasteiger partial charge in [-0.15, -0.1) is 0 Å². The fourth-order valence-corrected chi connectivity index (χ4v) is 6.51. The minimum atomic E-state index is -0.256. The van der Waals surface area contributed by atoms with Crippen LogP contribution in [0.5, 0.6) is 0 Å². The molecule has 4 rings (SSSR count). The summed E-state index contributed by atoms with van der Waals surface area (Å²) in [7, 11) is 0. The molecular formula is C29H35N5O2S2. The number of pyridine rings is 1. The van der Waals surface area contributed by atoms with Gasteiger partial charge in [-0.1, -0.05) is 74.6 Å². The number of hydrogen-bond donors (Lipinski definition) is 0. The molecular weight excluding hydrogens is 514 g/mol. The third-order valence-corrected chi connectivity index (χ3v) is 8.80. The van der Waals surface area contributed by atoms with Crippen molar-refractivity contribution >= 4 is 46.1 Å². The van der Waals surface area contributed by atoms with E-state index < -0.39 is 0 Å². The Labute approximate surface area is 234 Å². The monoisotopic (exact) mass is 549 g/mol. The van der Waals surface area contributed by atoms with Crippen LogP contribution in [0.2, 0.25) is 0 Å². The number of likely N-dealkylation sites (N-methyl/N-ethyl adjacent to an activating group) is 1. The zero-order valence-corrected chi connectivity index (χ0v) is 24.2. The SMILES string of the molecule is CCCCn1c(N2CCN(CC)CC2)c(/C=C2/SC(=S)N(C(C)c3ccccc3)C2=O)c(C)c(C#N)c1=O. The molecule has 0 N–H and O–H groups in total. The fourth-order valence-electron chi connectivity index (χ4n) is 5.11. The van der Waals surface area contributed by atoms with Crippen LogP contribution in [0.3, 0.4) is 0 Å². The Hall–Kier alpha value is -2.93. The molecule has 2 aromatic rings. The normalized spacial score (nSPS) is 18.3. The Morgan fingerprint density at radius 2 is 1.82 bits per heavy atom. The number of thioether (sulfide) groups is 1. The van der Waals surface area contributed by atoms with Crippen molar-refractivity contribution in [1.29, 1.82) is 5.26 Å². The lowest BCUT2D eigenvalue weighted by Gasteiger charge is -2.37. The second-order valence-electron chi connectivity index (χ2n) is 9.72. The largest absolute Gasteiger partial charge is 0.355 e. The fraction of sp³-hybridized carbons (Fsp3) is 0.448. The van der Waals surface area contributed by atoms with E-state index in [2.05, 4.69) is 29.7 Å². The van der Waals surface area contributed by atoms with Gasteiger partial charge in [0.05, 0.1) is 10.9 Å². The van der Waals surface area contributed by atoms with Gasteiger partial charge in [0.15, 0.2) is 0 Å². The van der Waals surface area contributed by atoms with E-state index in [9.17, 15) is 14.9 Å². The topological polar surface area (TPSA) is 72.6 Å². The van der Waals surface area contributed by atoms with Gasteiger partial charge in [0.1, 0.15) is 21.8 Å². The number of benzene rings is 1. The van der Waals surface area contributed by atoms with Crippen molar-refractivity contribution in [1.82, 2.24) is 14.4 Å². The average Bonchev–Trinajstić information content (AvgIpc) is 3.22. The molecule has 0 spiro atoms. The van der Waals surface area contributed by atoms with Gasteiger partial charge >= 0.3 is 0 Å². The summed E-state index contributed by atoms with van der Waals surface area (Å²) in [6.45, 7) is 12.9. The molecule has 38 heavy (non-hydrogen) atoms. The highest BCUT2D eigenvalue weighted by Gasteiger charge is 2.37. The Kier molecular flexibility index (Phi) is 9.08. The number of rotatable bonds is 8. The summed E-state index contributed by atoms with van der Waals surface area (Å²) in [4.78, 5) is 34.0. The Bertz CT molecular complexity index is 1340. The van der Waals surface area contributed by atoms with Crippen LogP contribution in [0.4, 0.5) is 5.82 Å². The highest BCUT2D eigenvalue weighted by molar-refractivity contribution is 8.26. The molecule has 1 unspecified atom stereocenters. The van der Waals surface area contributed by atoms with Crippen molar-refractivity contribution < 1.29 is 4.79 Å². The second kappa shape index (κ2) is 12.3. The summed E-state index contributed by atoms with van der Waals surface area (Å²) in [6.07, 6.45) is 3.61. The number of carbonyl (C=O) groups is 1. The van der Waals surface area contributed by atoms with Gasteiger partial charge in [0.25, 0.3) is 11.5 Å². The number of hydrogen-bond acceptors (Lipinski definition) is 7. The molecule has 2 aliphatic rings. The Balaban J connectivity index is 1.83. The lowest BCUT2D eigenvalue weighted by molar-refractivity contribution is -0.123. The molecule has 0 bridgehead atoms. The Morgan fingerprint density at radius 3 is 2.42 bits per heavy atom. The number of nitriles is 1. The van der Waals surface area contributed by atoms with E-state index in [0.29, 0.717) is 21.3 Å². The van der Waals surface area contributed by atoms with Crippen molar-refractivity contribution in [2.45, 2.75) is 53.1 Å². The van der Waals surface area contributed by atoms with Gasteiger partial charge in [-0.25, -0.2) is 0 Å². The van der Waals surface area contributed by atoms with Crippen LogP contribution in [-0.4, -0.2) is 57.3 Å². The van der Waals surface area contributed by atoms with E-state index >= 15 is 0 Å². The summed E-state index contributed by atoms with van der Waals surface area (Å²) in [5, 5.41) is 9.93. The maximum absolute atomic E-state index is 13.7. The summed E-state index contributed by atoms with van der Waals surface area (Å²) in [5.41, 5.74) is 2.26. The number of unbranched alkanes of at least 4 members (excludes halogenated alkanes) is 1. The molecule has 3 heterocycles. The highest BCUT2D eigenvalue weighted by atomic mass is 32.2. The predicted octanol–water partition coefficient (Wildman–Crippen LogP) is 4.93. The van der Waals surface area contributed by atoms with Crippen molar-refractivity contribution in [3.63, 3.8) is 0 Å². The second-order valence-corrected chi connectivity index (χ2v) is 11.4. The molecule has 1 aromatic heterocycles. The van der Waals surface area contributed by atoms with Crippen molar-refractivity contribution in [3.8, 4) is 6.07 Å². The van der Waals surface area contributed by atoms with E-state index in [1.165, 1.54) is 11.8 Å². The summed E-state index contributed by atoms with van der Waals surface area (Å²) in [6, 6.07) is 11.8. The molecule has 2 saturated heterocycles. The van der Waals surface area contributed by atoms with E-state index in [1.807, 2.05) is 50.3 Å². The maximum Gasteiger partial charge on any atom is 0.270 e. The van der Waals surface area contributed by atoms with Crippen LogP contribution < -0.4 is 10.5 Å². The van der Waals surface area contributed by atoms with E-state index in [4.69, 9.17) is 12.2 Å². The van der Waals surface area contributed by atoms with Gasteiger partial charge in [-0.2, -0.15) is 5.26 Å². The maximum atomic E-state index is 13.7. The first kappa shape index (κ1) is 28.1. The Morgan fingerprint density at radius 1 is 1.13 bits per heavy atom. The van der Waals surface area contributed by atoms with Crippen LogP contribution >= 0.6 is 24.0 Å². The standard InChI is InChI=1S/C29H35N5O2S2/c1-5-7-13-33-26(32-16-14-31(6-2)15-17-32)23(20(3)24(19-30)27(33)35)18-25-28(36)34(29(37)38-25)21(4)22-11-9-8-10-12-22/h8-12,18,21H,5-7,13-17H2,1-4H3/b25-18+. The highest BCUT2D eigenvalue weighted by Crippen LogP contribution is 2.39. The zero-order valence-electron chi connectivity index (χ0n) is 22.6. The average molecular weight is 550 g/mol.